The van der Waals surface area contributed by atoms with E-state index in [0.717, 1.165) is 22.4 Å². The van der Waals surface area contributed by atoms with E-state index < -0.39 is 0 Å². The summed E-state index contributed by atoms with van der Waals surface area (Å²) in [5.41, 5.74) is 6.89. The van der Waals surface area contributed by atoms with Gasteiger partial charge >= 0.3 is 5.97 Å². The topological polar surface area (TPSA) is 44.1 Å². The second kappa shape index (κ2) is 5.12. The smallest absolute Gasteiger partial charge is 0.356 e. The van der Waals surface area contributed by atoms with E-state index in [9.17, 15) is 4.79 Å². The molecule has 4 heteroatoms. The van der Waals surface area contributed by atoms with Gasteiger partial charge in [-0.25, -0.2) is 4.79 Å². The fraction of sp³-hybridized carbons (Fsp3) is 0.375. The summed E-state index contributed by atoms with van der Waals surface area (Å²) in [4.78, 5) is 11.8. The van der Waals surface area contributed by atoms with Gasteiger partial charge < -0.3 is 4.74 Å². The van der Waals surface area contributed by atoms with Crippen molar-refractivity contribution in [2.45, 2.75) is 27.7 Å². The Morgan fingerprint density at radius 2 is 1.70 bits per heavy atom. The number of nitrogens with zero attached hydrogens (tertiary/aromatic N) is 2. The molecule has 2 aromatic rings. The summed E-state index contributed by atoms with van der Waals surface area (Å²) in [5.74, 6) is -0.356. The predicted molar refractivity (Wildman–Crippen MR) is 78.9 cm³/mol. The molecular formula is C16H20N2O2. The fourth-order valence-electron chi connectivity index (χ4n) is 2.48. The number of aromatic nitrogens is 2. The van der Waals surface area contributed by atoms with Gasteiger partial charge in [0.05, 0.1) is 12.8 Å². The first kappa shape index (κ1) is 14.3. The molecule has 0 aliphatic carbocycles. The first-order chi connectivity index (χ1) is 9.36. The van der Waals surface area contributed by atoms with E-state index in [0.29, 0.717) is 5.69 Å². The number of rotatable bonds is 2. The van der Waals surface area contributed by atoms with Gasteiger partial charge in [-0.05, 0) is 50.5 Å². The van der Waals surface area contributed by atoms with Crippen LogP contribution >= 0.6 is 0 Å². The van der Waals surface area contributed by atoms with Gasteiger partial charge in [-0.3, -0.25) is 4.68 Å². The molecule has 1 heterocycles. The van der Waals surface area contributed by atoms with Crippen LogP contribution in [0.15, 0.2) is 12.1 Å². The zero-order chi connectivity index (χ0) is 15.0. The van der Waals surface area contributed by atoms with Gasteiger partial charge in [-0.2, -0.15) is 5.10 Å². The zero-order valence-electron chi connectivity index (χ0n) is 12.9. The van der Waals surface area contributed by atoms with Crippen molar-refractivity contribution in [3.05, 3.63) is 40.1 Å². The van der Waals surface area contributed by atoms with Crippen LogP contribution in [-0.2, 0) is 11.8 Å². The summed E-state index contributed by atoms with van der Waals surface area (Å²) in [7, 11) is 3.15. The fourth-order valence-corrected chi connectivity index (χ4v) is 2.48. The molecule has 0 N–H and O–H groups in total. The van der Waals surface area contributed by atoms with E-state index in [1.807, 2.05) is 6.92 Å². The largest absolute Gasteiger partial charge is 0.464 e. The van der Waals surface area contributed by atoms with E-state index in [2.05, 4.69) is 38.0 Å². The second-order valence-corrected chi connectivity index (χ2v) is 5.19. The molecule has 4 nitrogen and oxygen atoms in total. The molecule has 0 spiro atoms. The first-order valence-corrected chi connectivity index (χ1v) is 6.57. The lowest BCUT2D eigenvalue weighted by Crippen LogP contribution is -2.09. The Kier molecular flexibility index (Phi) is 3.66. The summed E-state index contributed by atoms with van der Waals surface area (Å²) in [5, 5.41) is 4.50. The van der Waals surface area contributed by atoms with Gasteiger partial charge in [-0.1, -0.05) is 6.07 Å². The standard InChI is InChI=1S/C16H20N2O2/c1-9-7-11(3)13(8-10(9)2)14-12(4)15(16(19)20-6)18(5)17-14/h7-8H,1-6H3. The molecule has 20 heavy (non-hydrogen) atoms. The van der Waals surface area contributed by atoms with Crippen molar-refractivity contribution in [2.75, 3.05) is 7.11 Å². The normalized spacial score (nSPS) is 10.7. The molecule has 0 aliphatic heterocycles. The monoisotopic (exact) mass is 272 g/mol. The molecule has 0 amide bonds. The lowest BCUT2D eigenvalue weighted by molar-refractivity contribution is 0.0587. The van der Waals surface area contributed by atoms with Crippen molar-refractivity contribution in [1.82, 2.24) is 9.78 Å². The van der Waals surface area contributed by atoms with Crippen molar-refractivity contribution in [2.24, 2.45) is 7.05 Å². The van der Waals surface area contributed by atoms with Crippen LogP contribution < -0.4 is 0 Å². The molecule has 0 atom stereocenters. The minimum Gasteiger partial charge on any atom is -0.464 e. The Bertz CT molecular complexity index is 684. The summed E-state index contributed by atoms with van der Waals surface area (Å²) in [6.07, 6.45) is 0. The molecule has 1 aromatic carbocycles. The van der Waals surface area contributed by atoms with Crippen LogP contribution in [0.5, 0.6) is 0 Å². The first-order valence-electron chi connectivity index (χ1n) is 6.57. The molecule has 0 fully saturated rings. The predicted octanol–water partition coefficient (Wildman–Crippen LogP) is 3.11. The van der Waals surface area contributed by atoms with Crippen LogP contribution in [0.1, 0.15) is 32.7 Å². The quantitative estimate of drug-likeness (QED) is 0.789. The van der Waals surface area contributed by atoms with Gasteiger partial charge in [0.15, 0.2) is 0 Å². The maximum absolute atomic E-state index is 11.8. The highest BCUT2D eigenvalue weighted by molar-refractivity contribution is 5.91. The minimum atomic E-state index is -0.356. The third kappa shape index (κ3) is 2.22. The molecule has 0 bridgehead atoms. The van der Waals surface area contributed by atoms with Gasteiger partial charge in [0.1, 0.15) is 5.69 Å². The van der Waals surface area contributed by atoms with Crippen LogP contribution in [-0.4, -0.2) is 22.9 Å². The molecule has 0 aliphatic rings. The molecule has 106 valence electrons. The zero-order valence-corrected chi connectivity index (χ0v) is 12.9. The maximum atomic E-state index is 11.8. The van der Waals surface area contributed by atoms with Crippen LogP contribution in [0.3, 0.4) is 0 Å². The molecular weight excluding hydrogens is 252 g/mol. The molecule has 2 rings (SSSR count). The van der Waals surface area contributed by atoms with E-state index in [4.69, 9.17) is 4.74 Å². The average molecular weight is 272 g/mol. The SMILES string of the molecule is COC(=O)c1c(C)c(-c2cc(C)c(C)cc2C)nn1C. The van der Waals surface area contributed by atoms with Gasteiger partial charge in [-0.15, -0.1) is 0 Å². The number of benzene rings is 1. The Labute approximate surface area is 119 Å². The van der Waals surface area contributed by atoms with Gasteiger partial charge in [0, 0.05) is 18.2 Å². The molecule has 0 unspecified atom stereocenters. The van der Waals surface area contributed by atoms with Crippen molar-refractivity contribution < 1.29 is 9.53 Å². The van der Waals surface area contributed by atoms with E-state index >= 15 is 0 Å². The summed E-state index contributed by atoms with van der Waals surface area (Å²) >= 11 is 0. The molecule has 0 saturated heterocycles. The molecule has 1 aromatic heterocycles. The number of hydrogen-bond donors (Lipinski definition) is 0. The summed E-state index contributed by atoms with van der Waals surface area (Å²) in [6, 6.07) is 4.28. The number of ether oxygens (including phenoxy) is 1. The summed E-state index contributed by atoms with van der Waals surface area (Å²) in [6.45, 7) is 8.14. The van der Waals surface area contributed by atoms with Crippen LogP contribution in [0, 0.1) is 27.7 Å². The van der Waals surface area contributed by atoms with Crippen molar-refractivity contribution in [3.8, 4) is 11.3 Å². The van der Waals surface area contributed by atoms with E-state index in [-0.39, 0.29) is 5.97 Å². The number of esters is 1. The summed E-state index contributed by atoms with van der Waals surface area (Å²) < 4.78 is 6.41. The van der Waals surface area contributed by atoms with Crippen molar-refractivity contribution in [1.29, 1.82) is 0 Å². The van der Waals surface area contributed by atoms with E-state index in [1.165, 1.54) is 18.2 Å². The average Bonchev–Trinajstić information content (AvgIpc) is 2.68. The minimum absolute atomic E-state index is 0.356. The Morgan fingerprint density at radius 1 is 1.10 bits per heavy atom. The maximum Gasteiger partial charge on any atom is 0.356 e. The molecule has 0 saturated carbocycles. The van der Waals surface area contributed by atoms with Crippen molar-refractivity contribution >= 4 is 5.97 Å². The van der Waals surface area contributed by atoms with Gasteiger partial charge in [0.25, 0.3) is 0 Å². The third-order valence-corrected chi connectivity index (χ3v) is 3.76. The Balaban J connectivity index is 2.66. The number of methoxy groups -OCH3 is 1. The lowest BCUT2D eigenvalue weighted by atomic mass is 9.97. The van der Waals surface area contributed by atoms with Crippen LogP contribution in [0.25, 0.3) is 11.3 Å². The number of carbonyl (C=O) groups is 1. The lowest BCUT2D eigenvalue weighted by Gasteiger charge is -2.08. The third-order valence-electron chi connectivity index (χ3n) is 3.76. The number of aryl methyl sites for hydroxylation is 4. The van der Waals surface area contributed by atoms with E-state index in [1.54, 1.807) is 11.7 Å². The van der Waals surface area contributed by atoms with Crippen LogP contribution in [0.4, 0.5) is 0 Å². The van der Waals surface area contributed by atoms with Crippen molar-refractivity contribution in [3.63, 3.8) is 0 Å². The highest BCUT2D eigenvalue weighted by atomic mass is 16.5. The number of hydrogen-bond acceptors (Lipinski definition) is 3. The highest BCUT2D eigenvalue weighted by Gasteiger charge is 2.21. The Morgan fingerprint density at radius 3 is 2.30 bits per heavy atom. The molecule has 0 radical (unpaired) electrons. The van der Waals surface area contributed by atoms with Gasteiger partial charge in [0.2, 0.25) is 0 Å². The van der Waals surface area contributed by atoms with Crippen LogP contribution in [0.2, 0.25) is 0 Å². The highest BCUT2D eigenvalue weighted by Crippen LogP contribution is 2.29. The Hall–Kier alpha value is -2.10. The second-order valence-electron chi connectivity index (χ2n) is 5.19. The number of carbonyl (C=O) groups excluding carboxylic acids is 1.